The van der Waals surface area contributed by atoms with Crippen LogP contribution in [0.4, 0.5) is 0 Å². The van der Waals surface area contributed by atoms with E-state index < -0.39 is 0 Å². The van der Waals surface area contributed by atoms with Crippen molar-refractivity contribution in [1.82, 2.24) is 14.5 Å². The summed E-state index contributed by atoms with van der Waals surface area (Å²) >= 11 is 0. The zero-order chi connectivity index (χ0) is 18.8. The van der Waals surface area contributed by atoms with E-state index in [1.807, 2.05) is 30.3 Å². The lowest BCUT2D eigenvalue weighted by atomic mass is 10.0. The van der Waals surface area contributed by atoms with Gasteiger partial charge in [-0.3, -0.25) is 0 Å². The molecule has 0 amide bonds. The lowest BCUT2D eigenvalue weighted by molar-refractivity contribution is 0.824. The van der Waals surface area contributed by atoms with Crippen molar-refractivity contribution >= 4 is 11.0 Å². The molecule has 0 saturated carbocycles. The molecule has 3 heteroatoms. The molecule has 3 nitrogen and oxygen atoms in total. The third-order valence-electron chi connectivity index (χ3n) is 4.98. The van der Waals surface area contributed by atoms with Crippen LogP contribution in [0.5, 0.6) is 0 Å². The summed E-state index contributed by atoms with van der Waals surface area (Å²) in [7, 11) is 0. The fourth-order valence-corrected chi connectivity index (χ4v) is 3.68. The third-order valence-corrected chi connectivity index (χ3v) is 4.98. The van der Waals surface area contributed by atoms with Gasteiger partial charge in [0.15, 0.2) is 0 Å². The fourth-order valence-electron chi connectivity index (χ4n) is 3.68. The smallest absolute Gasteiger partial charge is 0.144 e. The van der Waals surface area contributed by atoms with Gasteiger partial charge in [0.25, 0.3) is 0 Å². The molecule has 28 heavy (non-hydrogen) atoms. The zero-order valence-corrected chi connectivity index (χ0v) is 15.4. The first kappa shape index (κ1) is 16.5. The maximum atomic E-state index is 4.66. The highest BCUT2D eigenvalue weighted by atomic mass is 15.0. The van der Waals surface area contributed by atoms with Gasteiger partial charge in [0.2, 0.25) is 0 Å². The summed E-state index contributed by atoms with van der Waals surface area (Å²) < 4.78 is 2.22. The van der Waals surface area contributed by atoms with Crippen LogP contribution in [-0.2, 0) is 6.54 Å². The van der Waals surface area contributed by atoms with E-state index in [1.54, 1.807) is 6.33 Å². The third kappa shape index (κ3) is 2.97. The maximum absolute atomic E-state index is 4.66. The van der Waals surface area contributed by atoms with E-state index in [2.05, 4.69) is 81.4 Å². The Morgan fingerprint density at radius 1 is 0.643 bits per heavy atom. The van der Waals surface area contributed by atoms with Gasteiger partial charge in [0, 0.05) is 23.9 Å². The molecule has 0 radical (unpaired) electrons. The Hall–Kier alpha value is -3.72. The van der Waals surface area contributed by atoms with Crippen molar-refractivity contribution in [2.75, 3.05) is 0 Å². The van der Waals surface area contributed by atoms with Gasteiger partial charge < -0.3 is 4.57 Å². The lowest BCUT2D eigenvalue weighted by Gasteiger charge is -2.07. The van der Waals surface area contributed by atoms with Crippen molar-refractivity contribution < 1.29 is 0 Å². The first-order valence-corrected chi connectivity index (χ1v) is 9.39. The molecule has 0 saturated heterocycles. The van der Waals surface area contributed by atoms with Crippen molar-refractivity contribution in [2.24, 2.45) is 0 Å². The van der Waals surface area contributed by atoms with Gasteiger partial charge >= 0.3 is 0 Å². The van der Waals surface area contributed by atoms with Crippen LogP contribution < -0.4 is 0 Å². The average molecular weight is 361 g/mol. The second-order valence-electron chi connectivity index (χ2n) is 6.81. The van der Waals surface area contributed by atoms with Crippen LogP contribution in [0.1, 0.15) is 5.56 Å². The highest BCUT2D eigenvalue weighted by molar-refractivity contribution is 6.02. The van der Waals surface area contributed by atoms with E-state index >= 15 is 0 Å². The molecule has 0 unspecified atom stereocenters. The first-order valence-electron chi connectivity index (χ1n) is 9.39. The monoisotopic (exact) mass is 361 g/mol. The molecule has 0 aliphatic heterocycles. The molecule has 0 aliphatic carbocycles. The van der Waals surface area contributed by atoms with E-state index in [9.17, 15) is 0 Å². The maximum Gasteiger partial charge on any atom is 0.144 e. The summed E-state index contributed by atoms with van der Waals surface area (Å²) in [6, 6.07) is 31.3. The minimum atomic E-state index is 0.773. The topological polar surface area (TPSA) is 30.7 Å². The quantitative estimate of drug-likeness (QED) is 0.404. The van der Waals surface area contributed by atoms with Gasteiger partial charge in [0.1, 0.15) is 12.0 Å². The Balaban J connectivity index is 1.77. The fraction of sp³-hybridized carbons (Fsp3) is 0.0400. The van der Waals surface area contributed by atoms with Crippen molar-refractivity contribution in [3.05, 3.63) is 109 Å². The van der Waals surface area contributed by atoms with E-state index in [1.165, 1.54) is 11.1 Å². The molecule has 2 heterocycles. The summed E-state index contributed by atoms with van der Waals surface area (Å²) in [4.78, 5) is 9.32. The van der Waals surface area contributed by atoms with E-state index in [0.717, 1.165) is 34.4 Å². The molecule has 5 aromatic rings. The molecular formula is C25H19N3. The second kappa shape index (κ2) is 7.12. The van der Waals surface area contributed by atoms with Crippen LogP contribution in [-0.4, -0.2) is 14.5 Å². The summed E-state index contributed by atoms with van der Waals surface area (Å²) in [5.41, 5.74) is 6.61. The summed E-state index contributed by atoms with van der Waals surface area (Å²) in [5, 5.41) is 1.09. The number of aromatic nitrogens is 3. The predicted molar refractivity (Wildman–Crippen MR) is 114 cm³/mol. The number of benzene rings is 3. The molecule has 2 aromatic heterocycles. The van der Waals surface area contributed by atoms with Crippen LogP contribution in [0.3, 0.4) is 0 Å². The number of rotatable bonds is 4. The number of hydrogen-bond donors (Lipinski definition) is 0. The molecule has 3 aromatic carbocycles. The molecule has 0 fully saturated rings. The molecule has 0 N–H and O–H groups in total. The van der Waals surface area contributed by atoms with Crippen LogP contribution in [0.25, 0.3) is 33.4 Å². The van der Waals surface area contributed by atoms with Crippen molar-refractivity contribution in [2.45, 2.75) is 6.54 Å². The van der Waals surface area contributed by atoms with Crippen LogP contribution in [0.15, 0.2) is 104 Å². The van der Waals surface area contributed by atoms with Gasteiger partial charge in [-0.2, -0.15) is 0 Å². The van der Waals surface area contributed by atoms with Crippen LogP contribution >= 0.6 is 0 Å². The molecule has 5 rings (SSSR count). The normalized spacial score (nSPS) is 11.0. The van der Waals surface area contributed by atoms with E-state index in [0.29, 0.717) is 0 Å². The minimum Gasteiger partial charge on any atom is -0.327 e. The molecule has 0 bridgehead atoms. The first-order chi connectivity index (χ1) is 13.9. The molecule has 0 spiro atoms. The van der Waals surface area contributed by atoms with Crippen LogP contribution in [0.2, 0.25) is 0 Å². The van der Waals surface area contributed by atoms with Crippen molar-refractivity contribution in [1.29, 1.82) is 0 Å². The van der Waals surface area contributed by atoms with Gasteiger partial charge in [-0.1, -0.05) is 91.0 Å². The Bertz CT molecular complexity index is 1210. The average Bonchev–Trinajstić information content (AvgIpc) is 3.14. The van der Waals surface area contributed by atoms with Gasteiger partial charge in [-0.15, -0.1) is 0 Å². The number of nitrogens with zero attached hydrogens (tertiary/aromatic N) is 3. The van der Waals surface area contributed by atoms with Crippen molar-refractivity contribution in [3.63, 3.8) is 0 Å². The molecule has 0 atom stereocenters. The predicted octanol–water partition coefficient (Wildman–Crippen LogP) is 5.81. The van der Waals surface area contributed by atoms with Crippen LogP contribution in [0, 0.1) is 0 Å². The molecule has 0 aliphatic rings. The summed E-state index contributed by atoms with van der Waals surface area (Å²) in [5.74, 6) is 0. The minimum absolute atomic E-state index is 0.773. The standard InChI is InChI=1S/C25H19N3/c1-4-10-19(11-5-1)16-28-17-22(20-12-6-2-7-13-20)23-24(26-18-27-25(23)28)21-14-8-3-9-15-21/h1-15,17-18H,16H2. The number of fused-ring (bicyclic) bond motifs is 1. The van der Waals surface area contributed by atoms with Crippen molar-refractivity contribution in [3.8, 4) is 22.4 Å². The Labute approximate surface area is 164 Å². The van der Waals surface area contributed by atoms with Gasteiger partial charge in [0.05, 0.1) is 11.1 Å². The molecular weight excluding hydrogens is 342 g/mol. The zero-order valence-electron chi connectivity index (χ0n) is 15.4. The highest BCUT2D eigenvalue weighted by Gasteiger charge is 2.17. The lowest BCUT2D eigenvalue weighted by Crippen LogP contribution is -1.99. The Morgan fingerprint density at radius 3 is 1.93 bits per heavy atom. The largest absolute Gasteiger partial charge is 0.327 e. The SMILES string of the molecule is c1ccc(Cn2cc(-c3ccccc3)c3c(-c4ccccc4)ncnc32)cc1. The number of hydrogen-bond acceptors (Lipinski definition) is 2. The van der Waals surface area contributed by atoms with Gasteiger partial charge in [-0.25, -0.2) is 9.97 Å². The van der Waals surface area contributed by atoms with E-state index in [-0.39, 0.29) is 0 Å². The highest BCUT2D eigenvalue weighted by Crippen LogP contribution is 2.35. The Kier molecular flexibility index (Phi) is 4.19. The summed E-state index contributed by atoms with van der Waals surface area (Å²) in [6.45, 7) is 0.773. The van der Waals surface area contributed by atoms with E-state index in [4.69, 9.17) is 0 Å². The Morgan fingerprint density at radius 2 is 1.25 bits per heavy atom. The molecule has 134 valence electrons. The summed E-state index contributed by atoms with van der Waals surface area (Å²) in [6.07, 6.45) is 3.87. The second-order valence-corrected chi connectivity index (χ2v) is 6.81. The van der Waals surface area contributed by atoms with Gasteiger partial charge in [-0.05, 0) is 11.1 Å².